The zero-order chi connectivity index (χ0) is 21.6. The number of aryl methyl sites for hydroxylation is 2. The molecule has 30 heavy (non-hydrogen) atoms. The molecule has 1 amide bonds. The summed E-state index contributed by atoms with van der Waals surface area (Å²) in [6.07, 6.45) is 1.69. The van der Waals surface area contributed by atoms with E-state index in [0.717, 1.165) is 18.4 Å². The van der Waals surface area contributed by atoms with Crippen LogP contribution in [0.2, 0.25) is 0 Å². The van der Waals surface area contributed by atoms with E-state index in [0.29, 0.717) is 11.3 Å². The predicted octanol–water partition coefficient (Wildman–Crippen LogP) is 4.55. The molecule has 5 nitrogen and oxygen atoms in total. The largest absolute Gasteiger partial charge is 0.350 e. The van der Waals surface area contributed by atoms with Crippen LogP contribution in [0.3, 0.4) is 0 Å². The van der Waals surface area contributed by atoms with E-state index in [1.807, 2.05) is 25.1 Å². The molecule has 0 aliphatic rings. The Kier molecular flexibility index (Phi) is 6.90. The lowest BCUT2D eigenvalue weighted by Crippen LogP contribution is -2.33. The van der Waals surface area contributed by atoms with E-state index >= 15 is 0 Å². The van der Waals surface area contributed by atoms with Crippen LogP contribution in [0.25, 0.3) is 0 Å². The van der Waals surface area contributed by atoms with E-state index < -0.39 is 10.0 Å². The maximum atomic E-state index is 12.7. The van der Waals surface area contributed by atoms with Crippen LogP contribution < -0.4 is 10.0 Å². The molecule has 0 fully saturated rings. The third kappa shape index (κ3) is 5.70. The lowest BCUT2D eigenvalue weighted by Gasteiger charge is -2.16. The van der Waals surface area contributed by atoms with E-state index in [-0.39, 0.29) is 16.8 Å². The Morgan fingerprint density at radius 1 is 0.933 bits per heavy atom. The molecule has 0 aliphatic carbocycles. The lowest BCUT2D eigenvalue weighted by molar-refractivity contribution is 0.0938. The minimum absolute atomic E-state index is 0.0107. The van der Waals surface area contributed by atoms with Gasteiger partial charge in [0.25, 0.3) is 15.9 Å². The highest BCUT2D eigenvalue weighted by molar-refractivity contribution is 7.92. The summed E-state index contributed by atoms with van der Waals surface area (Å²) in [5.74, 6) is -0.226. The van der Waals surface area contributed by atoms with Crippen LogP contribution in [-0.2, 0) is 16.4 Å². The van der Waals surface area contributed by atoms with Gasteiger partial charge in [-0.25, -0.2) is 8.42 Å². The van der Waals surface area contributed by atoms with E-state index in [9.17, 15) is 13.2 Å². The van der Waals surface area contributed by atoms with Gasteiger partial charge in [-0.1, -0.05) is 54.6 Å². The van der Waals surface area contributed by atoms with Crippen LogP contribution in [0.1, 0.15) is 34.8 Å². The van der Waals surface area contributed by atoms with Crippen molar-refractivity contribution in [2.24, 2.45) is 0 Å². The first-order chi connectivity index (χ1) is 14.3. The van der Waals surface area contributed by atoms with Gasteiger partial charge in [-0.2, -0.15) is 0 Å². The molecular weight excluding hydrogens is 396 g/mol. The molecule has 2 N–H and O–H groups in total. The zero-order valence-corrected chi connectivity index (χ0v) is 17.9. The second-order valence-corrected chi connectivity index (χ2v) is 9.03. The normalized spacial score (nSPS) is 12.2. The molecule has 0 spiro atoms. The maximum absolute atomic E-state index is 12.7. The minimum atomic E-state index is -3.72. The van der Waals surface area contributed by atoms with Crippen molar-refractivity contribution in [1.29, 1.82) is 0 Å². The van der Waals surface area contributed by atoms with E-state index in [1.54, 1.807) is 43.3 Å². The first kappa shape index (κ1) is 21.6. The molecule has 0 heterocycles. The number of rotatable bonds is 8. The summed E-state index contributed by atoms with van der Waals surface area (Å²) in [6, 6.07) is 23.3. The molecule has 3 aromatic carbocycles. The summed E-state index contributed by atoms with van der Waals surface area (Å²) in [5, 5.41) is 2.99. The van der Waals surface area contributed by atoms with Crippen molar-refractivity contribution in [2.45, 2.75) is 37.6 Å². The van der Waals surface area contributed by atoms with E-state index in [4.69, 9.17) is 0 Å². The smallest absolute Gasteiger partial charge is 0.261 e. The van der Waals surface area contributed by atoms with Gasteiger partial charge in [0.2, 0.25) is 0 Å². The fraction of sp³-hybridized carbons (Fsp3) is 0.208. The number of carbonyl (C=O) groups excluding carboxylic acids is 1. The molecule has 156 valence electrons. The van der Waals surface area contributed by atoms with Gasteiger partial charge in [0, 0.05) is 11.6 Å². The van der Waals surface area contributed by atoms with Gasteiger partial charge < -0.3 is 5.32 Å². The number of carbonyl (C=O) groups is 1. The van der Waals surface area contributed by atoms with Crippen molar-refractivity contribution >= 4 is 21.6 Å². The van der Waals surface area contributed by atoms with Gasteiger partial charge in [0.15, 0.2) is 0 Å². The van der Waals surface area contributed by atoms with Gasteiger partial charge >= 0.3 is 0 Å². The highest BCUT2D eigenvalue weighted by Gasteiger charge is 2.17. The highest BCUT2D eigenvalue weighted by Crippen LogP contribution is 2.21. The molecule has 3 aromatic rings. The molecule has 1 atom stereocenters. The van der Waals surface area contributed by atoms with Crippen LogP contribution in [0.4, 0.5) is 5.69 Å². The predicted molar refractivity (Wildman–Crippen MR) is 120 cm³/mol. The third-order valence-corrected chi connectivity index (χ3v) is 6.27. The molecule has 0 aliphatic heterocycles. The molecule has 6 heteroatoms. The van der Waals surface area contributed by atoms with Crippen LogP contribution in [0.5, 0.6) is 0 Å². The third-order valence-electron chi connectivity index (χ3n) is 4.88. The summed E-state index contributed by atoms with van der Waals surface area (Å²) >= 11 is 0. The fourth-order valence-corrected chi connectivity index (χ4v) is 4.23. The summed E-state index contributed by atoms with van der Waals surface area (Å²) in [6.45, 7) is 3.76. The molecule has 0 saturated heterocycles. The number of hydrogen-bond donors (Lipinski definition) is 2. The van der Waals surface area contributed by atoms with Crippen LogP contribution in [-0.4, -0.2) is 20.4 Å². The molecule has 0 radical (unpaired) electrons. The van der Waals surface area contributed by atoms with Gasteiger partial charge in [0.05, 0.1) is 10.6 Å². The molecule has 3 rings (SSSR count). The number of benzene rings is 3. The Hall–Kier alpha value is -3.12. The van der Waals surface area contributed by atoms with E-state index in [1.165, 1.54) is 17.7 Å². The topological polar surface area (TPSA) is 75.3 Å². The lowest BCUT2D eigenvalue weighted by atomic mass is 10.1. The van der Waals surface area contributed by atoms with Crippen LogP contribution >= 0.6 is 0 Å². The number of anilines is 1. The monoisotopic (exact) mass is 422 g/mol. The zero-order valence-electron chi connectivity index (χ0n) is 17.1. The number of sulfonamides is 1. The number of hydrogen-bond acceptors (Lipinski definition) is 3. The second-order valence-electron chi connectivity index (χ2n) is 7.35. The number of nitrogens with one attached hydrogen (secondary N) is 2. The van der Waals surface area contributed by atoms with Gasteiger partial charge in [0.1, 0.15) is 0 Å². The van der Waals surface area contributed by atoms with Crippen molar-refractivity contribution in [3.05, 3.63) is 95.6 Å². The van der Waals surface area contributed by atoms with Gasteiger partial charge in [-0.05, 0) is 62.1 Å². The maximum Gasteiger partial charge on any atom is 0.261 e. The molecule has 0 bridgehead atoms. The highest BCUT2D eigenvalue weighted by atomic mass is 32.2. The van der Waals surface area contributed by atoms with Crippen molar-refractivity contribution < 1.29 is 13.2 Å². The van der Waals surface area contributed by atoms with E-state index in [2.05, 4.69) is 22.2 Å². The SMILES string of the molecule is Cc1ccc(C(=O)N[C@H](C)CCc2ccccc2)cc1NS(=O)(=O)c1ccccc1. The summed E-state index contributed by atoms with van der Waals surface area (Å²) < 4.78 is 27.8. The van der Waals surface area contributed by atoms with Crippen LogP contribution in [0, 0.1) is 6.92 Å². The molecule has 0 aromatic heterocycles. The Balaban J connectivity index is 1.67. The Morgan fingerprint density at radius 3 is 2.23 bits per heavy atom. The Morgan fingerprint density at radius 2 is 1.57 bits per heavy atom. The van der Waals surface area contributed by atoms with Crippen molar-refractivity contribution in [3.63, 3.8) is 0 Å². The summed E-state index contributed by atoms with van der Waals surface area (Å²) in [4.78, 5) is 12.9. The number of amides is 1. The first-order valence-electron chi connectivity index (χ1n) is 9.88. The molecule has 0 saturated carbocycles. The quantitative estimate of drug-likeness (QED) is 0.559. The van der Waals surface area contributed by atoms with Crippen molar-refractivity contribution in [1.82, 2.24) is 5.32 Å². The molecular formula is C24H26N2O3S. The van der Waals surface area contributed by atoms with Crippen molar-refractivity contribution in [3.8, 4) is 0 Å². The second kappa shape index (κ2) is 9.59. The fourth-order valence-electron chi connectivity index (χ4n) is 3.08. The summed E-state index contributed by atoms with van der Waals surface area (Å²) in [5.41, 5.74) is 2.77. The van der Waals surface area contributed by atoms with Gasteiger partial charge in [-0.15, -0.1) is 0 Å². The average Bonchev–Trinajstić information content (AvgIpc) is 2.75. The van der Waals surface area contributed by atoms with Crippen LogP contribution in [0.15, 0.2) is 83.8 Å². The Labute approximate surface area is 178 Å². The molecule has 0 unspecified atom stereocenters. The van der Waals surface area contributed by atoms with Crippen molar-refractivity contribution in [2.75, 3.05) is 4.72 Å². The first-order valence-corrected chi connectivity index (χ1v) is 11.4. The minimum Gasteiger partial charge on any atom is -0.350 e. The standard InChI is InChI=1S/C24H26N2O3S/c1-18-13-16-21(17-23(18)26-30(28,29)22-11-7-4-8-12-22)24(27)25-19(2)14-15-20-9-5-3-6-10-20/h3-13,16-17,19,26H,14-15H2,1-2H3,(H,25,27)/t19-/m1/s1. The van der Waals surface area contributed by atoms with Gasteiger partial charge in [-0.3, -0.25) is 9.52 Å². The Bertz CT molecular complexity index is 1100. The average molecular weight is 423 g/mol. The summed E-state index contributed by atoms with van der Waals surface area (Å²) in [7, 11) is -3.72.